The molecule has 3 rings (SSSR count). The van der Waals surface area contributed by atoms with Gasteiger partial charge in [0.15, 0.2) is 16.6 Å². The Kier molecular flexibility index (Phi) is 8.08. The standard InChI is InChI=1S/C32H56O3Si2/c1-22(2)24-20-27(35-37(13,14)30(6,7)8)32(10)18-17-31(9)25(28(24)32)16-15-23(21-33)19-26(31)34-36(11,12)29(3,4)5/h15-16,21-22,26-27H,17-20H2,1-14H3/t26-,27+,31+,32-/m0/s1. The van der Waals surface area contributed by atoms with Gasteiger partial charge >= 0.3 is 0 Å². The van der Waals surface area contributed by atoms with E-state index in [1.165, 1.54) is 11.1 Å². The molecule has 5 heteroatoms. The number of hydrogen-bond acceptors (Lipinski definition) is 3. The molecule has 1 saturated carbocycles. The molecule has 37 heavy (non-hydrogen) atoms. The second kappa shape index (κ2) is 9.71. The second-order valence-electron chi connectivity index (χ2n) is 16.0. The van der Waals surface area contributed by atoms with Gasteiger partial charge < -0.3 is 8.85 Å². The lowest BCUT2D eigenvalue weighted by atomic mass is 9.57. The zero-order valence-corrected chi connectivity index (χ0v) is 28.5. The van der Waals surface area contributed by atoms with Crippen molar-refractivity contribution in [3.05, 3.63) is 34.4 Å². The lowest BCUT2D eigenvalue weighted by molar-refractivity contribution is -0.105. The van der Waals surface area contributed by atoms with E-state index in [1.54, 1.807) is 5.57 Å². The Morgan fingerprint density at radius 2 is 1.30 bits per heavy atom. The average molecular weight is 545 g/mol. The van der Waals surface area contributed by atoms with Crippen molar-refractivity contribution in [1.29, 1.82) is 0 Å². The normalized spacial score (nSPS) is 31.5. The van der Waals surface area contributed by atoms with Gasteiger partial charge in [-0.25, -0.2) is 0 Å². The van der Waals surface area contributed by atoms with Gasteiger partial charge in [-0.3, -0.25) is 4.79 Å². The number of hydrogen-bond donors (Lipinski definition) is 0. The van der Waals surface area contributed by atoms with Crippen LogP contribution in [0.1, 0.15) is 94.9 Å². The molecule has 0 bridgehead atoms. The van der Waals surface area contributed by atoms with Crippen LogP contribution < -0.4 is 0 Å². The molecule has 0 radical (unpaired) electrons. The Labute approximate surface area is 230 Å². The van der Waals surface area contributed by atoms with Gasteiger partial charge in [0.2, 0.25) is 0 Å². The summed E-state index contributed by atoms with van der Waals surface area (Å²) < 4.78 is 14.4. The van der Waals surface area contributed by atoms with E-state index in [2.05, 4.69) is 108 Å². The third-order valence-electron chi connectivity index (χ3n) is 11.0. The second-order valence-corrected chi connectivity index (χ2v) is 25.5. The highest BCUT2D eigenvalue weighted by Crippen LogP contribution is 2.64. The largest absolute Gasteiger partial charge is 0.413 e. The van der Waals surface area contributed by atoms with Crippen LogP contribution >= 0.6 is 0 Å². The van der Waals surface area contributed by atoms with Gasteiger partial charge in [0.05, 0.1) is 12.2 Å². The van der Waals surface area contributed by atoms with Gasteiger partial charge in [0.1, 0.15) is 6.29 Å². The monoisotopic (exact) mass is 544 g/mol. The van der Waals surface area contributed by atoms with Crippen molar-refractivity contribution >= 4 is 22.9 Å². The van der Waals surface area contributed by atoms with Crippen molar-refractivity contribution in [3.8, 4) is 0 Å². The third-order valence-corrected chi connectivity index (χ3v) is 20.0. The maximum absolute atomic E-state index is 12.1. The first kappa shape index (κ1) is 30.8. The van der Waals surface area contributed by atoms with Crippen LogP contribution in [-0.2, 0) is 13.6 Å². The van der Waals surface area contributed by atoms with Crippen molar-refractivity contribution in [2.75, 3.05) is 0 Å². The summed E-state index contributed by atoms with van der Waals surface area (Å²) in [5.41, 5.74) is 5.20. The number of fused-ring (bicyclic) bond motifs is 3. The van der Waals surface area contributed by atoms with Gasteiger partial charge in [-0.2, -0.15) is 0 Å². The molecular formula is C32H56O3Si2. The minimum Gasteiger partial charge on any atom is -0.413 e. The molecule has 1 fully saturated rings. The van der Waals surface area contributed by atoms with Gasteiger partial charge in [-0.15, -0.1) is 0 Å². The van der Waals surface area contributed by atoms with Crippen LogP contribution in [-0.4, -0.2) is 35.1 Å². The molecule has 3 nitrogen and oxygen atoms in total. The smallest absolute Gasteiger partial charge is 0.192 e. The molecule has 0 aromatic rings. The Morgan fingerprint density at radius 1 is 0.838 bits per heavy atom. The quantitative estimate of drug-likeness (QED) is 0.247. The molecule has 0 aromatic carbocycles. The van der Waals surface area contributed by atoms with E-state index in [0.29, 0.717) is 12.3 Å². The molecule has 3 aliphatic carbocycles. The zero-order chi connectivity index (χ0) is 28.4. The van der Waals surface area contributed by atoms with E-state index in [9.17, 15) is 4.79 Å². The van der Waals surface area contributed by atoms with Crippen molar-refractivity contribution in [3.63, 3.8) is 0 Å². The highest BCUT2D eigenvalue weighted by Gasteiger charge is 2.58. The third kappa shape index (κ3) is 5.36. The Bertz CT molecular complexity index is 1000. The Balaban J connectivity index is 2.15. The maximum atomic E-state index is 12.1. The van der Waals surface area contributed by atoms with Crippen LogP contribution in [0.2, 0.25) is 36.3 Å². The first-order valence-corrected chi connectivity index (χ1v) is 20.4. The summed E-state index contributed by atoms with van der Waals surface area (Å²) >= 11 is 0. The van der Waals surface area contributed by atoms with Crippen molar-refractivity contribution < 1.29 is 13.6 Å². The number of aldehydes is 1. The zero-order valence-electron chi connectivity index (χ0n) is 26.5. The van der Waals surface area contributed by atoms with E-state index in [-0.39, 0.29) is 33.1 Å². The highest BCUT2D eigenvalue weighted by molar-refractivity contribution is 6.74. The molecule has 0 unspecified atom stereocenters. The van der Waals surface area contributed by atoms with Gasteiger partial charge in [-0.1, -0.05) is 87.0 Å². The van der Waals surface area contributed by atoms with Crippen LogP contribution in [0.5, 0.6) is 0 Å². The molecule has 3 aliphatic rings. The summed E-state index contributed by atoms with van der Waals surface area (Å²) in [6, 6.07) is 0. The molecule has 0 amide bonds. The summed E-state index contributed by atoms with van der Waals surface area (Å²) in [7, 11) is -3.98. The lowest BCUT2D eigenvalue weighted by Gasteiger charge is -2.53. The summed E-state index contributed by atoms with van der Waals surface area (Å²) in [6.07, 6.45) is 9.51. The number of allylic oxidation sites excluding steroid dienone is 2. The fraction of sp³-hybridized carbons (Fsp3) is 0.781. The van der Waals surface area contributed by atoms with Crippen molar-refractivity contribution in [1.82, 2.24) is 0 Å². The number of carbonyl (C=O) groups excluding carboxylic acids is 1. The molecule has 0 spiro atoms. The number of carbonyl (C=O) groups is 1. The van der Waals surface area contributed by atoms with Crippen LogP contribution in [0.3, 0.4) is 0 Å². The topological polar surface area (TPSA) is 35.5 Å². The van der Waals surface area contributed by atoms with E-state index < -0.39 is 16.6 Å². The molecule has 210 valence electrons. The fourth-order valence-electron chi connectivity index (χ4n) is 6.09. The Hall–Kier alpha value is -0.756. The molecule has 0 aromatic heterocycles. The summed E-state index contributed by atoms with van der Waals surface area (Å²) in [6.45, 7) is 33.0. The molecule has 0 saturated heterocycles. The molecule has 0 N–H and O–H groups in total. The number of rotatable bonds is 6. The molecule has 0 aliphatic heterocycles. The molecule has 0 heterocycles. The van der Waals surface area contributed by atoms with Crippen molar-refractivity contribution in [2.24, 2.45) is 16.7 Å². The lowest BCUT2D eigenvalue weighted by Crippen LogP contribution is -2.53. The van der Waals surface area contributed by atoms with Crippen molar-refractivity contribution in [2.45, 2.75) is 143 Å². The van der Waals surface area contributed by atoms with E-state index in [4.69, 9.17) is 8.85 Å². The van der Waals surface area contributed by atoms with Gasteiger partial charge in [0, 0.05) is 17.3 Å². The van der Waals surface area contributed by atoms with Crippen LogP contribution in [0, 0.1) is 16.7 Å². The van der Waals surface area contributed by atoms with Crippen LogP contribution in [0.25, 0.3) is 0 Å². The highest BCUT2D eigenvalue weighted by atomic mass is 28.4. The predicted molar refractivity (Wildman–Crippen MR) is 163 cm³/mol. The fourth-order valence-corrected chi connectivity index (χ4v) is 8.90. The molecular weight excluding hydrogens is 489 g/mol. The first-order chi connectivity index (χ1) is 16.6. The van der Waals surface area contributed by atoms with Crippen LogP contribution in [0.4, 0.5) is 0 Å². The van der Waals surface area contributed by atoms with Gasteiger partial charge in [0.25, 0.3) is 0 Å². The van der Waals surface area contributed by atoms with Gasteiger partial charge in [-0.05, 0) is 78.2 Å². The summed E-state index contributed by atoms with van der Waals surface area (Å²) in [5.74, 6) is 0.461. The minimum absolute atomic E-state index is 0.00409. The van der Waals surface area contributed by atoms with E-state index in [0.717, 1.165) is 31.1 Å². The first-order valence-electron chi connectivity index (χ1n) is 14.6. The summed E-state index contributed by atoms with van der Waals surface area (Å²) in [4.78, 5) is 12.1. The minimum atomic E-state index is -2.04. The summed E-state index contributed by atoms with van der Waals surface area (Å²) in [5, 5.41) is 0.296. The van der Waals surface area contributed by atoms with Crippen LogP contribution in [0.15, 0.2) is 34.4 Å². The Morgan fingerprint density at radius 3 is 1.73 bits per heavy atom. The van der Waals surface area contributed by atoms with E-state index in [1.807, 2.05) is 0 Å². The average Bonchev–Trinajstić information content (AvgIpc) is 2.93. The van der Waals surface area contributed by atoms with E-state index >= 15 is 0 Å². The predicted octanol–water partition coefficient (Wildman–Crippen LogP) is 9.39. The maximum Gasteiger partial charge on any atom is 0.192 e. The SMILES string of the molecule is CC(C)C1=C2C3=CC=C(C=O)C[C@H](O[Si](C)(C)C(C)(C)C)[C@]3(C)CC[C@@]2(C)[C@H](O[Si](C)(C)C(C)(C)C)C1. The molecule has 4 atom stereocenters.